The van der Waals surface area contributed by atoms with Crippen LogP contribution in [0.15, 0.2) is 4.47 Å². The van der Waals surface area contributed by atoms with Gasteiger partial charge in [0, 0.05) is 19.4 Å². The molecular weight excluding hydrogens is 230 g/mol. The quantitative estimate of drug-likeness (QED) is 0.816. The first-order valence-electron chi connectivity index (χ1n) is 4.29. The van der Waals surface area contributed by atoms with Gasteiger partial charge in [-0.25, -0.2) is 0 Å². The van der Waals surface area contributed by atoms with Crippen LogP contribution in [0.25, 0.3) is 0 Å². The molecular formula is C9H12BrN3. The minimum absolute atomic E-state index is 0.545. The van der Waals surface area contributed by atoms with Crippen molar-refractivity contribution in [2.24, 2.45) is 0 Å². The second-order valence-corrected chi connectivity index (χ2v) is 3.61. The van der Waals surface area contributed by atoms with Crippen molar-refractivity contribution in [1.82, 2.24) is 9.78 Å². The van der Waals surface area contributed by atoms with Crippen molar-refractivity contribution in [3.8, 4) is 6.07 Å². The van der Waals surface area contributed by atoms with Gasteiger partial charge in [-0.3, -0.25) is 4.68 Å². The Kier molecular flexibility index (Phi) is 3.49. The van der Waals surface area contributed by atoms with E-state index in [1.165, 1.54) is 0 Å². The van der Waals surface area contributed by atoms with Crippen LogP contribution in [-0.2, 0) is 13.0 Å². The Labute approximate surface area is 86.5 Å². The van der Waals surface area contributed by atoms with E-state index in [-0.39, 0.29) is 0 Å². The summed E-state index contributed by atoms with van der Waals surface area (Å²) in [5.74, 6) is 0. The lowest BCUT2D eigenvalue weighted by atomic mass is 10.2. The van der Waals surface area contributed by atoms with E-state index in [1.807, 2.05) is 11.6 Å². The highest BCUT2D eigenvalue weighted by molar-refractivity contribution is 9.10. The maximum Gasteiger partial charge on any atom is 0.0738 e. The number of nitrogens with zero attached hydrogens (tertiary/aromatic N) is 3. The normalized spacial score (nSPS) is 10.0. The molecule has 0 aromatic carbocycles. The largest absolute Gasteiger partial charge is 0.268 e. The minimum Gasteiger partial charge on any atom is -0.268 e. The van der Waals surface area contributed by atoms with Crippen molar-refractivity contribution < 1.29 is 0 Å². The molecule has 1 rings (SSSR count). The summed E-state index contributed by atoms with van der Waals surface area (Å²) in [6.45, 7) is 4.87. The van der Waals surface area contributed by atoms with Crippen molar-refractivity contribution in [3.05, 3.63) is 15.9 Å². The molecule has 1 aromatic rings. The first-order chi connectivity index (χ1) is 6.20. The molecule has 0 radical (unpaired) electrons. The highest BCUT2D eigenvalue weighted by Crippen LogP contribution is 2.21. The molecule has 0 fully saturated rings. The van der Waals surface area contributed by atoms with E-state index in [1.54, 1.807) is 0 Å². The highest BCUT2D eigenvalue weighted by Gasteiger charge is 2.10. The minimum atomic E-state index is 0.545. The summed E-state index contributed by atoms with van der Waals surface area (Å²) < 4.78 is 2.99. The van der Waals surface area contributed by atoms with Gasteiger partial charge in [-0.15, -0.1) is 0 Å². The van der Waals surface area contributed by atoms with E-state index in [4.69, 9.17) is 5.26 Å². The molecule has 0 N–H and O–H groups in total. The van der Waals surface area contributed by atoms with E-state index in [0.29, 0.717) is 6.42 Å². The van der Waals surface area contributed by atoms with Crippen LogP contribution in [0.5, 0.6) is 0 Å². The second kappa shape index (κ2) is 4.43. The van der Waals surface area contributed by atoms with Gasteiger partial charge in [0.15, 0.2) is 0 Å². The van der Waals surface area contributed by atoms with Gasteiger partial charge >= 0.3 is 0 Å². The molecule has 1 heterocycles. The van der Waals surface area contributed by atoms with Gasteiger partial charge in [0.1, 0.15) is 0 Å². The number of halogens is 1. The Bertz CT molecular complexity index is 335. The average Bonchev–Trinajstić information content (AvgIpc) is 2.40. The molecule has 13 heavy (non-hydrogen) atoms. The van der Waals surface area contributed by atoms with Crippen LogP contribution < -0.4 is 0 Å². The molecule has 70 valence electrons. The lowest BCUT2D eigenvalue weighted by molar-refractivity contribution is 0.616. The van der Waals surface area contributed by atoms with Gasteiger partial charge in [-0.05, 0) is 29.8 Å². The van der Waals surface area contributed by atoms with Crippen LogP contribution in [-0.4, -0.2) is 9.78 Å². The van der Waals surface area contributed by atoms with Crippen molar-refractivity contribution >= 4 is 15.9 Å². The maximum absolute atomic E-state index is 8.49. The molecule has 0 atom stereocenters. The summed E-state index contributed by atoms with van der Waals surface area (Å²) in [5.41, 5.74) is 2.12. The van der Waals surface area contributed by atoms with Gasteiger partial charge in [-0.2, -0.15) is 10.4 Å². The van der Waals surface area contributed by atoms with Gasteiger partial charge in [0.2, 0.25) is 0 Å². The van der Waals surface area contributed by atoms with Crippen LogP contribution in [0, 0.1) is 18.3 Å². The Balaban J connectivity index is 2.96. The third-order valence-corrected chi connectivity index (χ3v) is 2.96. The van der Waals surface area contributed by atoms with Gasteiger partial charge < -0.3 is 0 Å². The standard InChI is InChI=1S/C9H12BrN3/c1-3-13-8(5-4-6-11)9(10)7(2)12-13/h3-5H2,1-2H3. The predicted octanol–water partition coefficient (Wildman–Crippen LogP) is 2.43. The van der Waals surface area contributed by atoms with Crippen LogP contribution >= 0.6 is 15.9 Å². The molecule has 0 amide bonds. The summed E-state index contributed by atoms with van der Waals surface area (Å²) in [7, 11) is 0. The first-order valence-corrected chi connectivity index (χ1v) is 5.08. The van der Waals surface area contributed by atoms with E-state index in [2.05, 4.69) is 34.0 Å². The van der Waals surface area contributed by atoms with E-state index < -0.39 is 0 Å². The number of aromatic nitrogens is 2. The van der Waals surface area contributed by atoms with Crippen molar-refractivity contribution in [1.29, 1.82) is 5.26 Å². The van der Waals surface area contributed by atoms with Crippen LogP contribution in [0.1, 0.15) is 24.7 Å². The van der Waals surface area contributed by atoms with Gasteiger partial charge in [0.05, 0.1) is 21.9 Å². The van der Waals surface area contributed by atoms with E-state index in [0.717, 1.165) is 28.8 Å². The molecule has 4 heteroatoms. The average molecular weight is 242 g/mol. The number of hydrogen-bond acceptors (Lipinski definition) is 2. The maximum atomic E-state index is 8.49. The summed E-state index contributed by atoms with van der Waals surface area (Å²) in [5, 5.41) is 12.8. The zero-order chi connectivity index (χ0) is 9.84. The number of rotatable bonds is 3. The molecule has 0 saturated heterocycles. The summed E-state index contributed by atoms with van der Waals surface area (Å²) in [6, 6.07) is 2.14. The highest BCUT2D eigenvalue weighted by atomic mass is 79.9. The fourth-order valence-electron chi connectivity index (χ4n) is 1.28. The summed E-state index contributed by atoms with van der Waals surface area (Å²) >= 11 is 3.48. The number of nitriles is 1. The fraction of sp³-hybridized carbons (Fsp3) is 0.556. The Morgan fingerprint density at radius 1 is 1.62 bits per heavy atom. The van der Waals surface area contributed by atoms with Crippen LogP contribution in [0.2, 0.25) is 0 Å². The Morgan fingerprint density at radius 3 is 2.85 bits per heavy atom. The zero-order valence-corrected chi connectivity index (χ0v) is 9.43. The molecule has 0 aliphatic heterocycles. The van der Waals surface area contributed by atoms with Crippen LogP contribution in [0.4, 0.5) is 0 Å². The van der Waals surface area contributed by atoms with Crippen molar-refractivity contribution in [2.75, 3.05) is 0 Å². The lowest BCUT2D eigenvalue weighted by Gasteiger charge is -2.01. The number of aryl methyl sites for hydroxylation is 2. The zero-order valence-electron chi connectivity index (χ0n) is 7.84. The Hall–Kier alpha value is -0.820. The third-order valence-electron chi connectivity index (χ3n) is 1.93. The monoisotopic (exact) mass is 241 g/mol. The first kappa shape index (κ1) is 10.3. The van der Waals surface area contributed by atoms with Gasteiger partial charge in [0.25, 0.3) is 0 Å². The Morgan fingerprint density at radius 2 is 2.31 bits per heavy atom. The number of hydrogen-bond donors (Lipinski definition) is 0. The van der Waals surface area contributed by atoms with E-state index in [9.17, 15) is 0 Å². The van der Waals surface area contributed by atoms with Crippen molar-refractivity contribution in [3.63, 3.8) is 0 Å². The SMILES string of the molecule is CCn1nc(C)c(Br)c1CCC#N. The molecule has 0 unspecified atom stereocenters. The lowest BCUT2D eigenvalue weighted by Crippen LogP contribution is -2.02. The summed E-state index contributed by atoms with van der Waals surface area (Å²) in [4.78, 5) is 0. The molecule has 0 spiro atoms. The second-order valence-electron chi connectivity index (χ2n) is 2.82. The predicted molar refractivity (Wildman–Crippen MR) is 54.3 cm³/mol. The summed E-state index contributed by atoms with van der Waals surface area (Å²) in [6.07, 6.45) is 1.31. The molecule has 0 aliphatic rings. The van der Waals surface area contributed by atoms with Crippen molar-refractivity contribution in [2.45, 2.75) is 33.2 Å². The molecule has 0 saturated carbocycles. The third kappa shape index (κ3) is 2.10. The topological polar surface area (TPSA) is 41.6 Å². The molecule has 0 bridgehead atoms. The molecule has 3 nitrogen and oxygen atoms in total. The fourth-order valence-corrected chi connectivity index (χ4v) is 1.76. The van der Waals surface area contributed by atoms with Gasteiger partial charge in [-0.1, -0.05) is 0 Å². The molecule has 1 aromatic heterocycles. The smallest absolute Gasteiger partial charge is 0.0738 e. The van der Waals surface area contributed by atoms with Crippen LogP contribution in [0.3, 0.4) is 0 Å². The van der Waals surface area contributed by atoms with E-state index >= 15 is 0 Å². The molecule has 0 aliphatic carbocycles.